The Labute approximate surface area is 279 Å². The molecule has 0 N–H and O–H groups in total. The van der Waals surface area contributed by atoms with E-state index < -0.39 is 31.7 Å². The summed E-state index contributed by atoms with van der Waals surface area (Å²) in [4.78, 5) is 13.1. The number of ether oxygens (including phenoxy) is 2. The normalized spacial score (nSPS) is 13.8. The lowest BCUT2D eigenvalue weighted by atomic mass is 9.97. The van der Waals surface area contributed by atoms with Crippen LogP contribution in [0.15, 0.2) is 144 Å². The summed E-state index contributed by atoms with van der Waals surface area (Å²) in [6.07, 6.45) is -5.84. The van der Waals surface area contributed by atoms with E-state index in [0.29, 0.717) is 16.9 Å². The average Bonchev–Trinajstić information content (AvgIpc) is 3.08. The van der Waals surface area contributed by atoms with Crippen LogP contribution in [0.3, 0.4) is 0 Å². The Hall–Kier alpha value is -4.32. The van der Waals surface area contributed by atoms with Crippen LogP contribution in [0.2, 0.25) is 0 Å². The standard InChI is InChI=1S/C21H19F3O3S.C18H15P/c1-3-26-20(25)17-11-14-9-13(2)10-15(12-28-16-7-5-4-6-8-16)18(14)27-19(17)21(22,23)24;1-4-10-16(11-5-1)19(17-12-6-2-7-13-17)18-14-8-3-9-15-18/h4-11,19H,3,12H2,1-2H3;1-15H. The summed E-state index contributed by atoms with van der Waals surface area (Å²) >= 11 is 1.51. The molecule has 5 aromatic carbocycles. The Kier molecular flexibility index (Phi) is 11.6. The van der Waals surface area contributed by atoms with E-state index in [1.54, 1.807) is 13.0 Å². The second-order valence-corrected chi connectivity index (χ2v) is 13.9. The van der Waals surface area contributed by atoms with Gasteiger partial charge in [-0.15, -0.1) is 11.8 Å². The number of benzene rings is 5. The minimum atomic E-state index is -4.73. The van der Waals surface area contributed by atoms with Crippen LogP contribution in [0.4, 0.5) is 13.2 Å². The maximum atomic E-state index is 13.6. The molecule has 1 aliphatic rings. The van der Waals surface area contributed by atoms with Crippen molar-refractivity contribution in [1.82, 2.24) is 0 Å². The summed E-state index contributed by atoms with van der Waals surface area (Å²) < 4.78 is 50.8. The maximum absolute atomic E-state index is 13.6. The van der Waals surface area contributed by atoms with E-state index in [9.17, 15) is 18.0 Å². The molecule has 0 saturated carbocycles. The van der Waals surface area contributed by atoms with Crippen molar-refractivity contribution in [3.05, 3.63) is 156 Å². The van der Waals surface area contributed by atoms with E-state index in [-0.39, 0.29) is 12.4 Å². The predicted molar refractivity (Wildman–Crippen MR) is 187 cm³/mol. The molecule has 0 amide bonds. The van der Waals surface area contributed by atoms with Crippen molar-refractivity contribution in [2.75, 3.05) is 6.61 Å². The molecule has 0 spiro atoms. The van der Waals surface area contributed by atoms with E-state index in [2.05, 4.69) is 91.0 Å². The monoisotopic (exact) mass is 670 g/mol. The quantitative estimate of drug-likeness (QED) is 0.0938. The molecule has 0 saturated heterocycles. The van der Waals surface area contributed by atoms with Gasteiger partial charge >= 0.3 is 12.1 Å². The van der Waals surface area contributed by atoms with Crippen molar-refractivity contribution in [3.63, 3.8) is 0 Å². The number of rotatable bonds is 8. The van der Waals surface area contributed by atoms with Crippen LogP contribution in [0.1, 0.15) is 23.6 Å². The number of halogens is 3. The minimum Gasteiger partial charge on any atom is -0.475 e. The van der Waals surface area contributed by atoms with E-state index in [1.807, 2.05) is 43.3 Å². The van der Waals surface area contributed by atoms with Gasteiger partial charge in [-0.05, 0) is 67.5 Å². The van der Waals surface area contributed by atoms with Gasteiger partial charge in [-0.3, -0.25) is 0 Å². The van der Waals surface area contributed by atoms with Crippen LogP contribution in [0, 0.1) is 6.92 Å². The highest BCUT2D eigenvalue weighted by Crippen LogP contribution is 2.41. The molecule has 3 nitrogen and oxygen atoms in total. The van der Waals surface area contributed by atoms with Crippen LogP contribution in [0.25, 0.3) is 6.08 Å². The fourth-order valence-corrected chi connectivity index (χ4v) is 8.33. The molecule has 0 radical (unpaired) electrons. The Bertz CT molecular complexity index is 1690. The number of esters is 1. The van der Waals surface area contributed by atoms with Gasteiger partial charge in [0.1, 0.15) is 5.75 Å². The van der Waals surface area contributed by atoms with Gasteiger partial charge in [-0.2, -0.15) is 13.2 Å². The summed E-state index contributed by atoms with van der Waals surface area (Å²) in [6, 6.07) is 45.4. The van der Waals surface area contributed by atoms with Crippen molar-refractivity contribution in [2.45, 2.75) is 36.8 Å². The molecule has 5 aromatic rings. The van der Waals surface area contributed by atoms with Gasteiger partial charge in [0.25, 0.3) is 0 Å². The van der Waals surface area contributed by atoms with E-state index in [1.165, 1.54) is 33.8 Å². The molecule has 0 fully saturated rings. The molecule has 8 heteroatoms. The lowest BCUT2D eigenvalue weighted by Gasteiger charge is -2.29. The zero-order chi connectivity index (χ0) is 33.2. The first kappa shape index (κ1) is 34.0. The van der Waals surface area contributed by atoms with Crippen molar-refractivity contribution >= 4 is 47.6 Å². The third-order valence-electron chi connectivity index (χ3n) is 7.16. The van der Waals surface area contributed by atoms with Gasteiger partial charge in [0.15, 0.2) is 0 Å². The highest BCUT2D eigenvalue weighted by atomic mass is 32.2. The second-order valence-electron chi connectivity index (χ2n) is 10.6. The number of alkyl halides is 3. The number of carbonyl (C=O) groups is 1. The predicted octanol–water partition coefficient (Wildman–Crippen LogP) is 9.00. The van der Waals surface area contributed by atoms with E-state index in [4.69, 9.17) is 9.47 Å². The zero-order valence-electron chi connectivity index (χ0n) is 26.0. The van der Waals surface area contributed by atoms with Crippen LogP contribution >= 0.6 is 19.7 Å². The molecule has 0 bridgehead atoms. The number of fused-ring (bicyclic) bond motifs is 1. The minimum absolute atomic E-state index is 0.0135. The fourth-order valence-electron chi connectivity index (χ4n) is 5.14. The largest absolute Gasteiger partial charge is 0.475 e. The smallest absolute Gasteiger partial charge is 0.430 e. The number of aryl methyl sites for hydroxylation is 1. The zero-order valence-corrected chi connectivity index (χ0v) is 27.7. The first-order valence-corrected chi connectivity index (χ1v) is 17.5. The molecule has 240 valence electrons. The Morgan fingerprint density at radius 3 is 1.74 bits per heavy atom. The summed E-state index contributed by atoms with van der Waals surface area (Å²) in [5, 5.41) is 4.19. The highest BCUT2D eigenvalue weighted by Gasteiger charge is 2.49. The van der Waals surface area contributed by atoms with Crippen molar-refractivity contribution in [3.8, 4) is 5.75 Å². The topological polar surface area (TPSA) is 35.5 Å². The van der Waals surface area contributed by atoms with Crippen molar-refractivity contribution in [2.24, 2.45) is 0 Å². The Balaban J connectivity index is 0.000000198. The molecule has 47 heavy (non-hydrogen) atoms. The molecule has 1 unspecified atom stereocenters. The third-order valence-corrected chi connectivity index (χ3v) is 10.7. The van der Waals surface area contributed by atoms with Crippen LogP contribution < -0.4 is 20.7 Å². The average molecular weight is 671 g/mol. The van der Waals surface area contributed by atoms with Gasteiger partial charge in [0, 0.05) is 21.8 Å². The van der Waals surface area contributed by atoms with Gasteiger partial charge in [0.05, 0.1) is 12.2 Å². The fraction of sp³-hybridized carbons (Fsp3) is 0.154. The van der Waals surface area contributed by atoms with Crippen molar-refractivity contribution < 1.29 is 27.4 Å². The number of carbonyl (C=O) groups excluding carboxylic acids is 1. The molecule has 0 aliphatic carbocycles. The first-order valence-electron chi connectivity index (χ1n) is 15.1. The lowest BCUT2D eigenvalue weighted by Crippen LogP contribution is -2.41. The summed E-state index contributed by atoms with van der Waals surface area (Å²) in [5.41, 5.74) is 1.44. The molecule has 1 heterocycles. The van der Waals surface area contributed by atoms with Crippen LogP contribution in [-0.4, -0.2) is 24.9 Å². The lowest BCUT2D eigenvalue weighted by molar-refractivity contribution is -0.188. The highest BCUT2D eigenvalue weighted by molar-refractivity contribution is 7.98. The summed E-state index contributed by atoms with van der Waals surface area (Å²) in [7, 11) is -0.446. The Morgan fingerprint density at radius 1 is 0.787 bits per heavy atom. The van der Waals surface area contributed by atoms with E-state index in [0.717, 1.165) is 10.5 Å². The summed E-state index contributed by atoms with van der Waals surface area (Å²) in [6.45, 7) is 3.38. The van der Waals surface area contributed by atoms with Gasteiger partial charge in [-0.1, -0.05) is 115 Å². The Morgan fingerprint density at radius 2 is 1.28 bits per heavy atom. The maximum Gasteiger partial charge on any atom is 0.430 e. The number of hydrogen-bond donors (Lipinski definition) is 0. The van der Waals surface area contributed by atoms with Gasteiger partial charge in [0.2, 0.25) is 6.10 Å². The van der Waals surface area contributed by atoms with Crippen LogP contribution in [0.5, 0.6) is 5.75 Å². The summed E-state index contributed by atoms with van der Waals surface area (Å²) in [5.74, 6) is -0.414. The molecule has 6 rings (SSSR count). The van der Waals surface area contributed by atoms with E-state index >= 15 is 0 Å². The number of hydrogen-bond acceptors (Lipinski definition) is 4. The van der Waals surface area contributed by atoms with Crippen molar-refractivity contribution in [1.29, 1.82) is 0 Å². The first-order chi connectivity index (χ1) is 22.7. The number of thioether (sulfide) groups is 1. The second kappa shape index (κ2) is 16.0. The molecule has 1 atom stereocenters. The van der Waals surface area contributed by atoms with Gasteiger partial charge < -0.3 is 9.47 Å². The molecule has 1 aliphatic heterocycles. The SMILES string of the molecule is CCOC(=O)C1=Cc2cc(C)cc(CSc3ccccc3)c2OC1C(F)(F)F.c1ccc(P(c2ccccc2)c2ccccc2)cc1. The van der Waals surface area contributed by atoms with Crippen LogP contribution in [-0.2, 0) is 15.3 Å². The molecular formula is C39H34F3O3PS. The third kappa shape index (κ3) is 8.94. The molecular weight excluding hydrogens is 636 g/mol. The van der Waals surface area contributed by atoms with Gasteiger partial charge in [-0.25, -0.2) is 4.79 Å². The molecule has 0 aromatic heterocycles.